The minimum atomic E-state index is -0.00881. The molecule has 5 aromatic carbocycles. The first-order valence-corrected chi connectivity index (χ1v) is 17.5. The molecule has 52 heavy (non-hydrogen) atoms. The molecule has 6 heteroatoms. The van der Waals surface area contributed by atoms with E-state index in [-0.39, 0.29) is 31.9 Å². The largest absolute Gasteiger partial charge is 0.509 e. The van der Waals surface area contributed by atoms with Gasteiger partial charge in [0.25, 0.3) is 0 Å². The molecule has 0 saturated heterocycles. The minimum Gasteiger partial charge on any atom is -0.509 e. The molecule has 0 bridgehead atoms. The van der Waals surface area contributed by atoms with Gasteiger partial charge in [-0.2, -0.15) is 12.1 Å². The van der Waals surface area contributed by atoms with Gasteiger partial charge in [0.2, 0.25) is 0 Å². The van der Waals surface area contributed by atoms with Gasteiger partial charge in [0, 0.05) is 55.7 Å². The van der Waals surface area contributed by atoms with Crippen molar-refractivity contribution in [2.24, 2.45) is 0 Å². The van der Waals surface area contributed by atoms with Crippen LogP contribution in [0.3, 0.4) is 0 Å². The van der Waals surface area contributed by atoms with E-state index in [1.165, 1.54) is 11.1 Å². The van der Waals surface area contributed by atoms with Gasteiger partial charge < -0.3 is 19.1 Å². The zero-order valence-electron chi connectivity index (χ0n) is 30.3. The number of hydrogen-bond acceptors (Lipinski definition) is 4. The quantitative estimate of drug-likeness (QED) is 0.156. The molecule has 0 amide bonds. The first kappa shape index (κ1) is 35.3. The van der Waals surface area contributed by atoms with E-state index in [1.54, 1.807) is 0 Å². The van der Waals surface area contributed by atoms with Crippen LogP contribution in [0.1, 0.15) is 58.2 Å². The minimum absolute atomic E-state index is 0. The van der Waals surface area contributed by atoms with Crippen molar-refractivity contribution >= 4 is 38.9 Å². The molecule has 0 fully saturated rings. The molecule has 1 aliphatic heterocycles. The summed E-state index contributed by atoms with van der Waals surface area (Å²) in [5.74, 6) is 2.07. The number of aromatic nitrogens is 2. The predicted octanol–water partition coefficient (Wildman–Crippen LogP) is 11.6. The summed E-state index contributed by atoms with van der Waals surface area (Å²) in [6, 6.07) is 49.2. The molecule has 3 heterocycles. The van der Waals surface area contributed by atoms with Crippen LogP contribution in [-0.2, 0) is 31.9 Å². The molecule has 0 N–H and O–H groups in total. The van der Waals surface area contributed by atoms with Crippen LogP contribution in [0.2, 0.25) is 0 Å². The summed E-state index contributed by atoms with van der Waals surface area (Å²) in [6.45, 7) is 15.5. The summed E-state index contributed by atoms with van der Waals surface area (Å²) in [7, 11) is 0. The van der Waals surface area contributed by atoms with Crippen molar-refractivity contribution in [1.82, 2.24) is 9.55 Å². The first-order valence-electron chi connectivity index (χ1n) is 17.5. The van der Waals surface area contributed by atoms with Gasteiger partial charge in [-0.3, -0.25) is 0 Å². The van der Waals surface area contributed by atoms with Gasteiger partial charge in [-0.15, -0.1) is 48.1 Å². The maximum absolute atomic E-state index is 6.54. The van der Waals surface area contributed by atoms with Gasteiger partial charge in [0.05, 0.1) is 0 Å². The van der Waals surface area contributed by atoms with Crippen molar-refractivity contribution in [2.45, 2.75) is 52.4 Å². The fraction of sp³-hybridized carbons (Fsp3) is 0.174. The number of fused-ring (bicyclic) bond motifs is 3. The van der Waals surface area contributed by atoms with Crippen molar-refractivity contribution in [3.63, 3.8) is 0 Å². The van der Waals surface area contributed by atoms with E-state index >= 15 is 0 Å². The second kappa shape index (κ2) is 13.8. The Morgan fingerprint density at radius 2 is 1.37 bits per heavy atom. The SMILES string of the molecule is CC(C)(C)c1cccc(N2C=C(c3ccccc3)N(c3[c-]c(Oc4[c-]c5c(cc4)c4ccccc4n5-c4cc(C(C)(C)C)ccn4)ccc3)[CH-]2)c1.[Pt]. The third-order valence-electron chi connectivity index (χ3n) is 9.47. The molecule has 0 radical (unpaired) electrons. The Morgan fingerprint density at radius 3 is 2.15 bits per heavy atom. The average Bonchev–Trinajstić information content (AvgIpc) is 3.72. The number of pyridine rings is 1. The number of hydrogen-bond donors (Lipinski definition) is 0. The van der Waals surface area contributed by atoms with Gasteiger partial charge in [0.15, 0.2) is 0 Å². The van der Waals surface area contributed by atoms with Crippen LogP contribution < -0.4 is 14.5 Å². The number of nitrogens with zero attached hydrogens (tertiary/aromatic N) is 4. The van der Waals surface area contributed by atoms with Crippen LogP contribution >= 0.6 is 0 Å². The van der Waals surface area contributed by atoms with Crippen LogP contribution in [0.4, 0.5) is 11.4 Å². The van der Waals surface area contributed by atoms with Crippen molar-refractivity contribution in [3.8, 4) is 17.3 Å². The molecule has 1 aliphatic rings. The smallest absolute Gasteiger partial charge is 0.135 e. The molecular weight excluding hydrogens is 820 g/mol. The first-order chi connectivity index (χ1) is 24.5. The van der Waals surface area contributed by atoms with Crippen LogP contribution in [-0.4, -0.2) is 9.55 Å². The van der Waals surface area contributed by atoms with Crippen molar-refractivity contribution in [2.75, 3.05) is 9.80 Å². The van der Waals surface area contributed by atoms with Gasteiger partial charge in [-0.1, -0.05) is 108 Å². The van der Waals surface area contributed by atoms with E-state index in [9.17, 15) is 0 Å². The Labute approximate surface area is 321 Å². The van der Waals surface area contributed by atoms with Crippen LogP contribution in [0.25, 0.3) is 33.3 Å². The second-order valence-electron chi connectivity index (χ2n) is 15.2. The Balaban J connectivity index is 0.00000420. The van der Waals surface area contributed by atoms with Gasteiger partial charge in [0.1, 0.15) is 5.82 Å². The monoisotopic (exact) mass is 860 g/mol. The van der Waals surface area contributed by atoms with Gasteiger partial charge in [-0.25, -0.2) is 4.98 Å². The molecule has 0 aliphatic carbocycles. The number of ether oxygens (including phenoxy) is 1. The zero-order chi connectivity index (χ0) is 35.3. The zero-order valence-corrected chi connectivity index (χ0v) is 32.6. The average molecular weight is 861 g/mol. The Kier molecular flexibility index (Phi) is 9.35. The predicted molar refractivity (Wildman–Crippen MR) is 210 cm³/mol. The molecule has 0 unspecified atom stereocenters. The molecule has 5 nitrogen and oxygen atoms in total. The molecule has 7 aromatic rings. The molecule has 0 saturated carbocycles. The number of rotatable bonds is 6. The summed E-state index contributed by atoms with van der Waals surface area (Å²) in [5, 5.41) is 2.24. The fourth-order valence-corrected chi connectivity index (χ4v) is 6.64. The maximum Gasteiger partial charge on any atom is 0.135 e. The van der Waals surface area contributed by atoms with Gasteiger partial charge >= 0.3 is 0 Å². The molecule has 0 spiro atoms. The number of anilines is 2. The summed E-state index contributed by atoms with van der Waals surface area (Å²) < 4.78 is 8.73. The summed E-state index contributed by atoms with van der Waals surface area (Å²) in [4.78, 5) is 9.17. The van der Waals surface area contributed by atoms with E-state index in [1.807, 2.05) is 30.5 Å². The van der Waals surface area contributed by atoms with E-state index in [0.717, 1.165) is 50.3 Å². The van der Waals surface area contributed by atoms with E-state index in [0.29, 0.717) is 11.5 Å². The second-order valence-corrected chi connectivity index (χ2v) is 15.2. The maximum atomic E-state index is 6.54. The molecular formula is C46H41N4OPt-3. The van der Waals surface area contributed by atoms with Crippen LogP contribution in [0.5, 0.6) is 11.5 Å². The molecule has 0 atom stereocenters. The Hall–Kier alpha value is -5.12. The molecule has 2 aromatic heterocycles. The Morgan fingerprint density at radius 1 is 0.654 bits per heavy atom. The Bertz CT molecular complexity index is 2420. The number of para-hydroxylation sites is 1. The fourth-order valence-electron chi connectivity index (χ4n) is 6.64. The summed E-state index contributed by atoms with van der Waals surface area (Å²) >= 11 is 0. The van der Waals surface area contributed by atoms with E-state index in [4.69, 9.17) is 9.72 Å². The van der Waals surface area contributed by atoms with Crippen molar-refractivity contribution < 1.29 is 25.8 Å². The molecule has 8 rings (SSSR count). The summed E-state index contributed by atoms with van der Waals surface area (Å²) in [6.07, 6.45) is 4.08. The standard InChI is InChI=1S/C46H41N4O.Pt/c1-45(2,3)33-16-12-17-35(26-33)48-30-43(32-14-8-7-9-15-32)49(31-48)36-18-13-19-37(28-36)51-38-22-23-40-39-20-10-11-21-41(39)50(42(40)29-38)44-27-34(24-25-47-44)46(4,5)6;/h7-27,30-31H,1-6H3;/q-3;. The van der Waals surface area contributed by atoms with Crippen molar-refractivity contribution in [3.05, 3.63) is 169 Å². The third-order valence-corrected chi connectivity index (χ3v) is 9.47. The third kappa shape index (κ3) is 6.78. The van der Waals surface area contributed by atoms with Crippen LogP contribution in [0.15, 0.2) is 134 Å². The van der Waals surface area contributed by atoms with Gasteiger partial charge in [-0.05, 0) is 69.4 Å². The van der Waals surface area contributed by atoms with E-state index < -0.39 is 0 Å². The van der Waals surface area contributed by atoms with Crippen molar-refractivity contribution in [1.29, 1.82) is 0 Å². The van der Waals surface area contributed by atoms with E-state index in [2.05, 4.69) is 178 Å². The van der Waals surface area contributed by atoms with Crippen LogP contribution in [0, 0.1) is 18.8 Å². The normalized spacial score (nSPS) is 13.4. The number of benzene rings is 5. The topological polar surface area (TPSA) is 33.5 Å². The molecule has 264 valence electrons. The summed E-state index contributed by atoms with van der Waals surface area (Å²) in [5.41, 5.74) is 8.67.